The first kappa shape index (κ1) is 17.8. The van der Waals surface area contributed by atoms with E-state index in [1.165, 1.54) is 0 Å². The molecule has 2 aromatic rings. The van der Waals surface area contributed by atoms with Gasteiger partial charge in [0.2, 0.25) is 0 Å². The molecular formula is C18H26NO2PSi. The van der Waals surface area contributed by atoms with Gasteiger partial charge in [-0.2, -0.15) is 0 Å². The van der Waals surface area contributed by atoms with Crippen molar-refractivity contribution in [1.29, 1.82) is 0 Å². The van der Waals surface area contributed by atoms with Crippen LogP contribution in [0.3, 0.4) is 0 Å². The summed E-state index contributed by atoms with van der Waals surface area (Å²) in [6, 6.07) is 19.7. The van der Waals surface area contributed by atoms with Gasteiger partial charge in [-0.15, -0.1) is 0 Å². The van der Waals surface area contributed by atoms with Gasteiger partial charge >= 0.3 is 7.51 Å². The summed E-state index contributed by atoms with van der Waals surface area (Å²) in [7, 11) is -4.19. The first-order valence-electron chi connectivity index (χ1n) is 7.93. The second kappa shape index (κ2) is 7.37. The van der Waals surface area contributed by atoms with Gasteiger partial charge in [0.25, 0.3) is 0 Å². The van der Waals surface area contributed by atoms with Crippen LogP contribution in [0.25, 0.3) is 0 Å². The number of rotatable bonds is 6. The zero-order valence-electron chi connectivity index (χ0n) is 14.6. The maximum absolute atomic E-state index is 6.40. The molecule has 0 unspecified atom stereocenters. The largest absolute Gasteiger partial charge is 0.430 e. The Morgan fingerprint density at radius 3 is 1.48 bits per heavy atom. The Labute approximate surface area is 141 Å². The molecular weight excluding hydrogens is 321 g/mol. The van der Waals surface area contributed by atoms with Crippen molar-refractivity contribution >= 4 is 15.7 Å². The second-order valence-corrected chi connectivity index (χ2v) is 14.4. The van der Waals surface area contributed by atoms with E-state index in [0.29, 0.717) is 0 Å². The Hall–Kier alpha value is -1.51. The number of para-hydroxylation sites is 2. The molecule has 3 nitrogen and oxygen atoms in total. The molecule has 0 aliphatic rings. The van der Waals surface area contributed by atoms with E-state index in [9.17, 15) is 0 Å². The Morgan fingerprint density at radius 2 is 1.17 bits per heavy atom. The topological polar surface area (TPSA) is 30.8 Å². The van der Waals surface area contributed by atoms with Crippen LogP contribution in [0.4, 0.5) is 0 Å². The van der Waals surface area contributed by atoms with Crippen LogP contribution in [0.1, 0.15) is 13.8 Å². The van der Waals surface area contributed by atoms with Gasteiger partial charge in [0.05, 0.1) is 5.66 Å². The highest BCUT2D eigenvalue weighted by Crippen LogP contribution is 2.56. The molecule has 0 saturated carbocycles. The maximum atomic E-state index is 6.40. The monoisotopic (exact) mass is 347 g/mol. The lowest BCUT2D eigenvalue weighted by Crippen LogP contribution is -2.21. The fourth-order valence-electron chi connectivity index (χ4n) is 2.07. The van der Waals surface area contributed by atoms with Crippen molar-refractivity contribution in [2.75, 3.05) is 0 Å². The molecule has 124 valence electrons. The molecule has 0 fully saturated rings. The van der Waals surface area contributed by atoms with Crippen LogP contribution in [0.5, 0.6) is 11.5 Å². The van der Waals surface area contributed by atoms with Crippen molar-refractivity contribution in [3.8, 4) is 11.5 Å². The van der Waals surface area contributed by atoms with E-state index in [0.717, 1.165) is 11.5 Å². The Balaban J connectivity index is 2.49. The van der Waals surface area contributed by atoms with E-state index in [2.05, 4.69) is 33.5 Å². The molecule has 0 bridgehead atoms. The fraction of sp³-hybridized carbons (Fsp3) is 0.333. The van der Waals surface area contributed by atoms with E-state index in [-0.39, 0.29) is 5.66 Å². The minimum Gasteiger partial charge on any atom is -0.430 e. The lowest BCUT2D eigenvalue weighted by atomic mass is 10.3. The van der Waals surface area contributed by atoms with Crippen LogP contribution in [0, 0.1) is 0 Å². The molecule has 0 N–H and O–H groups in total. The van der Waals surface area contributed by atoms with Crippen molar-refractivity contribution in [2.24, 2.45) is 4.41 Å². The predicted molar refractivity (Wildman–Crippen MR) is 102 cm³/mol. The van der Waals surface area contributed by atoms with Gasteiger partial charge in [-0.1, -0.05) is 50.2 Å². The van der Waals surface area contributed by atoms with Gasteiger partial charge in [-0.25, -0.2) is 0 Å². The van der Waals surface area contributed by atoms with Gasteiger partial charge in [0.1, 0.15) is 11.5 Å². The van der Waals surface area contributed by atoms with Crippen LogP contribution in [0.15, 0.2) is 65.1 Å². The zero-order valence-corrected chi connectivity index (χ0v) is 16.5. The summed E-state index contributed by atoms with van der Waals surface area (Å²) in [5, 5.41) is 0. The molecule has 23 heavy (non-hydrogen) atoms. The molecule has 0 amide bonds. The molecule has 2 rings (SSSR count). The summed E-state index contributed by atoms with van der Waals surface area (Å²) >= 11 is 0. The van der Waals surface area contributed by atoms with Gasteiger partial charge in [0, 0.05) is 0 Å². The summed E-state index contributed by atoms with van der Waals surface area (Å²) in [6.07, 6.45) is 0. The van der Waals surface area contributed by atoms with Gasteiger partial charge in [-0.05, 0) is 43.9 Å². The Bertz CT molecular complexity index is 621. The third kappa shape index (κ3) is 5.26. The summed E-state index contributed by atoms with van der Waals surface area (Å²) in [5.74, 6) is 1.62. The molecule has 2 aromatic carbocycles. The summed E-state index contributed by atoms with van der Waals surface area (Å²) in [6.45, 7) is 10.9. The number of hydrogen-bond acceptors (Lipinski definition) is 3. The van der Waals surface area contributed by atoms with Gasteiger partial charge in [0.15, 0.2) is 8.24 Å². The van der Waals surface area contributed by atoms with Gasteiger partial charge in [-0.3, -0.25) is 4.41 Å². The number of nitrogens with zero attached hydrogens (tertiary/aromatic N) is 1. The summed E-state index contributed by atoms with van der Waals surface area (Å²) < 4.78 is 17.9. The average Bonchev–Trinajstić information content (AvgIpc) is 2.47. The van der Waals surface area contributed by atoms with Crippen LogP contribution >= 0.6 is 7.51 Å². The van der Waals surface area contributed by atoms with E-state index >= 15 is 0 Å². The van der Waals surface area contributed by atoms with Crippen molar-refractivity contribution in [3.63, 3.8) is 0 Å². The molecule has 0 atom stereocenters. The summed E-state index contributed by atoms with van der Waals surface area (Å²) in [4.78, 5) is 0. The number of benzene rings is 2. The molecule has 0 saturated heterocycles. The highest BCUT2D eigenvalue weighted by Gasteiger charge is 2.33. The third-order valence-electron chi connectivity index (χ3n) is 3.05. The minimum absolute atomic E-state index is 0.176. The standard InChI is InChI=1S/C18H26NO2PSi/c1-16(2)22(19-23(3,4)5,20-17-12-8-6-9-13-17)21-18-14-10-7-11-15-18/h6-16H,1-5H3. The van der Waals surface area contributed by atoms with Crippen molar-refractivity contribution in [2.45, 2.75) is 39.1 Å². The van der Waals surface area contributed by atoms with Crippen molar-refractivity contribution in [1.82, 2.24) is 0 Å². The molecule has 0 aromatic heterocycles. The van der Waals surface area contributed by atoms with Crippen LogP contribution in [-0.4, -0.2) is 13.9 Å². The second-order valence-electron chi connectivity index (χ2n) is 6.74. The third-order valence-corrected chi connectivity index (χ3v) is 8.82. The van der Waals surface area contributed by atoms with Crippen LogP contribution in [0.2, 0.25) is 19.6 Å². The molecule has 0 aliphatic carbocycles. The quantitative estimate of drug-likeness (QED) is 0.446. The maximum Gasteiger partial charge on any atom is 0.307 e. The first-order chi connectivity index (χ1) is 10.8. The van der Waals surface area contributed by atoms with E-state index in [4.69, 9.17) is 13.5 Å². The predicted octanol–water partition coefficient (Wildman–Crippen LogP) is 6.42. The molecule has 0 spiro atoms. The highest BCUT2D eigenvalue weighted by atomic mass is 31.2. The zero-order chi connectivity index (χ0) is 16.9. The first-order valence-corrected chi connectivity index (χ1v) is 13.0. The lowest BCUT2D eigenvalue weighted by Gasteiger charge is -2.31. The molecule has 0 heterocycles. The van der Waals surface area contributed by atoms with Crippen LogP contribution in [-0.2, 0) is 0 Å². The molecule has 5 heteroatoms. The normalized spacial score (nSPS) is 12.1. The van der Waals surface area contributed by atoms with E-state index < -0.39 is 15.7 Å². The SMILES string of the molecule is CC(C)P(=N[Si](C)(C)C)(Oc1ccccc1)Oc1ccccc1. The molecule has 0 aliphatic heterocycles. The number of hydrogen-bond donors (Lipinski definition) is 0. The Kier molecular flexibility index (Phi) is 5.72. The fourth-order valence-corrected chi connectivity index (χ4v) is 7.97. The lowest BCUT2D eigenvalue weighted by molar-refractivity contribution is 0.465. The smallest absolute Gasteiger partial charge is 0.307 e. The van der Waals surface area contributed by atoms with Gasteiger partial charge < -0.3 is 9.05 Å². The Morgan fingerprint density at radius 1 is 0.783 bits per heavy atom. The van der Waals surface area contributed by atoms with E-state index in [1.54, 1.807) is 0 Å². The summed E-state index contributed by atoms with van der Waals surface area (Å²) in [5.41, 5.74) is 0.176. The highest BCUT2D eigenvalue weighted by molar-refractivity contribution is 7.59. The minimum atomic E-state index is -2.45. The van der Waals surface area contributed by atoms with Crippen molar-refractivity contribution < 1.29 is 9.05 Å². The average molecular weight is 347 g/mol. The molecule has 0 radical (unpaired) electrons. The van der Waals surface area contributed by atoms with Crippen LogP contribution < -0.4 is 9.05 Å². The van der Waals surface area contributed by atoms with Crippen molar-refractivity contribution in [3.05, 3.63) is 60.7 Å². The van der Waals surface area contributed by atoms with E-state index in [1.807, 2.05) is 60.7 Å².